The van der Waals surface area contributed by atoms with E-state index in [4.69, 9.17) is 0 Å². The van der Waals surface area contributed by atoms with Crippen LogP contribution in [0.4, 0.5) is 29.3 Å². The van der Waals surface area contributed by atoms with Gasteiger partial charge in [-0.1, -0.05) is 15.9 Å². The molecule has 0 aliphatic carbocycles. The van der Waals surface area contributed by atoms with Crippen molar-refractivity contribution in [3.05, 3.63) is 45.2 Å². The number of aromatic nitrogens is 1. The van der Waals surface area contributed by atoms with E-state index < -0.39 is 23.7 Å². The highest BCUT2D eigenvalue weighted by atomic mass is 79.9. The lowest BCUT2D eigenvalue weighted by atomic mass is 10.0. The number of benzene rings is 1. The first-order chi connectivity index (χ1) is 15.6. The zero-order valence-electron chi connectivity index (χ0n) is 17.8. The number of hydrogen-bond acceptors (Lipinski definition) is 3. The Morgan fingerprint density at radius 1 is 1.27 bits per heavy atom. The number of halogens is 4. The van der Waals surface area contributed by atoms with Gasteiger partial charge in [-0.3, -0.25) is 4.79 Å². The largest absolute Gasteiger partial charge is 0.420 e. The van der Waals surface area contributed by atoms with Crippen LogP contribution in [0.15, 0.2) is 22.7 Å². The van der Waals surface area contributed by atoms with E-state index in [1.165, 1.54) is 13.0 Å². The van der Waals surface area contributed by atoms with Crippen molar-refractivity contribution in [2.45, 2.75) is 25.9 Å². The molecular weight excluding hydrogens is 503 g/mol. The van der Waals surface area contributed by atoms with Gasteiger partial charge in [0.15, 0.2) is 0 Å². The molecule has 11 heteroatoms. The Labute approximate surface area is 196 Å². The van der Waals surface area contributed by atoms with E-state index in [9.17, 15) is 22.8 Å². The number of carbonyl (C=O) groups excluding carboxylic acids is 2. The minimum Gasteiger partial charge on any atom is -0.357 e. The molecule has 2 aliphatic rings. The number of fused-ring (bicyclic) bond motifs is 1. The molecule has 1 fully saturated rings. The van der Waals surface area contributed by atoms with E-state index in [0.29, 0.717) is 28.8 Å². The lowest BCUT2D eigenvalue weighted by molar-refractivity contribution is -0.137. The smallest absolute Gasteiger partial charge is 0.357 e. The molecule has 0 saturated carbocycles. The summed E-state index contributed by atoms with van der Waals surface area (Å²) >= 11 is 3.32. The number of hydrogen-bond donors (Lipinski definition) is 4. The van der Waals surface area contributed by atoms with E-state index in [-0.39, 0.29) is 22.6 Å². The van der Waals surface area contributed by atoms with Crippen molar-refractivity contribution < 1.29 is 22.8 Å². The van der Waals surface area contributed by atoms with Crippen LogP contribution in [0.2, 0.25) is 0 Å². The normalized spacial score (nSPS) is 17.4. The first kappa shape index (κ1) is 23.4. The second-order valence-corrected chi connectivity index (χ2v) is 8.96. The fourth-order valence-electron chi connectivity index (χ4n) is 4.15. The van der Waals surface area contributed by atoms with Gasteiger partial charge in [-0.2, -0.15) is 13.2 Å². The minimum absolute atomic E-state index is 0.0969. The molecule has 0 radical (unpaired) electrons. The Morgan fingerprint density at radius 3 is 2.70 bits per heavy atom. The Morgan fingerprint density at radius 2 is 2.00 bits per heavy atom. The van der Waals surface area contributed by atoms with Crippen LogP contribution in [-0.2, 0) is 11.0 Å². The van der Waals surface area contributed by atoms with E-state index in [1.54, 1.807) is 18.2 Å². The highest BCUT2D eigenvalue weighted by Gasteiger charge is 2.39. The number of rotatable bonds is 5. The van der Waals surface area contributed by atoms with Crippen molar-refractivity contribution in [2.24, 2.45) is 0 Å². The van der Waals surface area contributed by atoms with Crippen molar-refractivity contribution >= 4 is 50.9 Å². The molecule has 0 atom stereocenters. The van der Waals surface area contributed by atoms with Gasteiger partial charge in [0.25, 0.3) is 5.91 Å². The maximum absolute atomic E-state index is 14.0. The van der Waals surface area contributed by atoms with Crippen LogP contribution in [0.3, 0.4) is 0 Å². The van der Waals surface area contributed by atoms with Crippen LogP contribution in [0.25, 0.3) is 11.6 Å². The summed E-state index contributed by atoms with van der Waals surface area (Å²) in [5.74, 6) is -0.502. The van der Waals surface area contributed by atoms with Crippen molar-refractivity contribution in [1.82, 2.24) is 15.2 Å². The van der Waals surface area contributed by atoms with Crippen molar-refractivity contribution in [1.29, 1.82) is 0 Å². The third-order valence-electron chi connectivity index (χ3n) is 5.70. The van der Waals surface area contributed by atoms with Gasteiger partial charge in [-0.25, -0.2) is 4.79 Å². The Hall–Kier alpha value is -2.79. The number of alkyl halides is 3. The molecule has 1 saturated heterocycles. The second kappa shape index (κ2) is 9.22. The third-order valence-corrected chi connectivity index (χ3v) is 6.20. The number of carbonyl (C=O) groups is 2. The monoisotopic (exact) mass is 525 g/mol. The number of likely N-dealkylation sites (tertiary alicyclic amines) is 1. The average molecular weight is 526 g/mol. The summed E-state index contributed by atoms with van der Waals surface area (Å²) in [6, 6.07) is 4.35. The molecule has 4 N–H and O–H groups in total. The summed E-state index contributed by atoms with van der Waals surface area (Å²) in [4.78, 5) is 29.6. The fraction of sp³-hybridized carbons (Fsp3) is 0.364. The molecule has 2 aliphatic heterocycles. The van der Waals surface area contributed by atoms with Crippen LogP contribution in [-0.4, -0.2) is 48.0 Å². The molecule has 3 amide bonds. The lowest BCUT2D eigenvalue weighted by Gasteiger charge is -2.16. The molecule has 4 rings (SSSR count). The van der Waals surface area contributed by atoms with Crippen molar-refractivity contribution in [3.8, 4) is 0 Å². The molecular formula is C22H23BrF3N5O2. The van der Waals surface area contributed by atoms with Crippen LogP contribution < -0.4 is 16.0 Å². The maximum Gasteiger partial charge on any atom is 0.420 e. The number of anilines is 2. The first-order valence-electron chi connectivity index (χ1n) is 10.5. The van der Waals surface area contributed by atoms with Crippen LogP contribution in [0.5, 0.6) is 0 Å². The Balaban J connectivity index is 1.60. The quantitative estimate of drug-likeness (QED) is 0.422. The molecule has 7 nitrogen and oxygen atoms in total. The molecule has 0 bridgehead atoms. The summed E-state index contributed by atoms with van der Waals surface area (Å²) in [5.41, 5.74) is -0.452. The fourth-order valence-corrected chi connectivity index (χ4v) is 4.51. The molecule has 3 heterocycles. The number of nitrogens with zero attached hydrogens (tertiary/aromatic N) is 1. The Kier molecular flexibility index (Phi) is 6.53. The van der Waals surface area contributed by atoms with E-state index in [0.717, 1.165) is 25.9 Å². The number of H-pyrrole nitrogens is 1. The Bertz CT molecular complexity index is 1120. The molecule has 2 aromatic rings. The highest BCUT2D eigenvalue weighted by molar-refractivity contribution is 9.10. The predicted octanol–water partition coefficient (Wildman–Crippen LogP) is 4.81. The third kappa shape index (κ3) is 5.09. The predicted molar refractivity (Wildman–Crippen MR) is 124 cm³/mol. The number of nitrogens with one attached hydrogen (secondary N) is 4. The van der Waals surface area contributed by atoms with Gasteiger partial charge in [0.05, 0.1) is 17.0 Å². The number of urea groups is 1. The standard InChI is InChI=1S/C22H23BrF3N5O2/c1-12-19(30-21(33)27-6-9-31-7-2-3-8-31)18(22(24,25)26)17(28-12)11-15-14-10-13(23)4-5-16(14)29-20(15)32/h4-5,10-11,28H,2-3,6-9H2,1H3,(H,29,32)(H2,27,30,33)/b15-11-. The summed E-state index contributed by atoms with van der Waals surface area (Å²) in [6.07, 6.45) is -1.37. The SMILES string of the molecule is Cc1[nH]c(/C=C2\C(=O)Nc3ccc(Br)cc32)c(C(F)(F)F)c1NC(=O)NCCN1CCCC1. The number of aryl methyl sites for hydroxylation is 1. The maximum atomic E-state index is 14.0. The lowest BCUT2D eigenvalue weighted by Crippen LogP contribution is -2.36. The highest BCUT2D eigenvalue weighted by Crippen LogP contribution is 2.42. The zero-order chi connectivity index (χ0) is 23.8. The second-order valence-electron chi connectivity index (χ2n) is 8.04. The average Bonchev–Trinajstić information content (AvgIpc) is 3.42. The van der Waals surface area contributed by atoms with Gasteiger partial charge >= 0.3 is 12.2 Å². The number of amides is 3. The van der Waals surface area contributed by atoms with Gasteiger partial charge in [0.2, 0.25) is 0 Å². The van der Waals surface area contributed by atoms with Crippen molar-refractivity contribution in [2.75, 3.05) is 36.8 Å². The van der Waals surface area contributed by atoms with Gasteiger partial charge in [-0.15, -0.1) is 0 Å². The summed E-state index contributed by atoms with van der Waals surface area (Å²) < 4.78 is 42.8. The zero-order valence-corrected chi connectivity index (χ0v) is 19.4. The van der Waals surface area contributed by atoms with Gasteiger partial charge in [0.1, 0.15) is 5.56 Å². The molecule has 176 valence electrons. The minimum atomic E-state index is -4.76. The summed E-state index contributed by atoms with van der Waals surface area (Å²) in [6.45, 7) is 4.34. The van der Waals surface area contributed by atoms with Crippen LogP contribution >= 0.6 is 15.9 Å². The van der Waals surface area contributed by atoms with Gasteiger partial charge in [-0.05, 0) is 57.1 Å². The first-order valence-corrected chi connectivity index (χ1v) is 11.3. The molecule has 1 aromatic carbocycles. The van der Waals surface area contributed by atoms with E-state index in [1.807, 2.05) is 0 Å². The topological polar surface area (TPSA) is 89.3 Å². The molecule has 0 unspecified atom stereocenters. The van der Waals surface area contributed by atoms with Crippen molar-refractivity contribution in [3.63, 3.8) is 0 Å². The number of aromatic amines is 1. The summed E-state index contributed by atoms with van der Waals surface area (Å²) in [5, 5.41) is 7.60. The van der Waals surface area contributed by atoms with Crippen LogP contribution in [0, 0.1) is 6.92 Å². The van der Waals surface area contributed by atoms with Gasteiger partial charge < -0.3 is 25.8 Å². The molecule has 33 heavy (non-hydrogen) atoms. The summed E-state index contributed by atoms with van der Waals surface area (Å²) in [7, 11) is 0. The van der Waals surface area contributed by atoms with E-state index >= 15 is 0 Å². The van der Waals surface area contributed by atoms with E-state index in [2.05, 4.69) is 41.8 Å². The van der Waals surface area contributed by atoms with Gasteiger partial charge in [0, 0.05) is 34.5 Å². The molecule has 0 spiro atoms. The molecule has 1 aromatic heterocycles. The van der Waals surface area contributed by atoms with Crippen LogP contribution in [0.1, 0.15) is 35.4 Å².